The van der Waals surface area contributed by atoms with Gasteiger partial charge in [-0.1, -0.05) is 38.1 Å². The molecule has 0 aromatic heterocycles. The molecule has 1 aliphatic heterocycles. The molecule has 2 unspecified atom stereocenters. The minimum Gasteiger partial charge on any atom is -0.494 e. The van der Waals surface area contributed by atoms with Crippen LogP contribution in [0.5, 0.6) is 5.75 Å². The molecule has 0 saturated heterocycles. The van der Waals surface area contributed by atoms with Gasteiger partial charge in [-0.2, -0.15) is 13.2 Å². The van der Waals surface area contributed by atoms with Crippen LogP contribution < -0.4 is 10.1 Å². The molecule has 1 amide bonds. The summed E-state index contributed by atoms with van der Waals surface area (Å²) in [5, 5.41) is 16.7. The first-order chi connectivity index (χ1) is 16.8. The lowest BCUT2D eigenvalue weighted by molar-refractivity contribution is -0.254. The molecule has 0 bridgehead atoms. The highest BCUT2D eigenvalue weighted by Gasteiger charge is 2.61. The van der Waals surface area contributed by atoms with Crippen LogP contribution in [-0.4, -0.2) is 41.9 Å². The summed E-state index contributed by atoms with van der Waals surface area (Å²) < 4.78 is 61.1. The van der Waals surface area contributed by atoms with E-state index in [0.29, 0.717) is 29.5 Å². The Morgan fingerprint density at radius 2 is 1.92 bits per heavy atom. The molecule has 11 heteroatoms. The number of anilines is 1. The highest BCUT2D eigenvalue weighted by Crippen LogP contribution is 2.43. The predicted octanol–water partition coefficient (Wildman–Crippen LogP) is 4.82. The van der Waals surface area contributed by atoms with Gasteiger partial charge in [-0.3, -0.25) is 9.59 Å². The lowest BCUT2D eigenvalue weighted by atomic mass is 9.74. The van der Waals surface area contributed by atoms with Gasteiger partial charge < -0.3 is 20.0 Å². The third kappa shape index (κ3) is 5.06. The van der Waals surface area contributed by atoms with E-state index in [-0.39, 0.29) is 17.0 Å². The number of alkyl halides is 3. The zero-order valence-electron chi connectivity index (χ0n) is 20.1. The summed E-state index contributed by atoms with van der Waals surface area (Å²) in [6, 6.07) is 7.66. The number of oxime groups is 1. The molecule has 7 nitrogen and oxygen atoms in total. The number of halogens is 4. The van der Waals surface area contributed by atoms with Crippen molar-refractivity contribution in [3.05, 3.63) is 58.9 Å². The van der Waals surface area contributed by atoms with Crippen LogP contribution in [0.15, 0.2) is 41.6 Å². The molecule has 0 saturated carbocycles. The number of amides is 1. The largest absolute Gasteiger partial charge is 0.494 e. The SMILES string of the molecule is CCC1=NOC(C=O)c2ccc(NC(=O)C(O)(CC(C)(C)c3ccc(F)c(OC)c3)C(F)(F)F)cc21. The fourth-order valence-corrected chi connectivity index (χ4v) is 4.08. The molecule has 1 aliphatic rings. The van der Waals surface area contributed by atoms with Crippen molar-refractivity contribution < 1.29 is 41.8 Å². The number of benzene rings is 2. The first-order valence-corrected chi connectivity index (χ1v) is 11.0. The van der Waals surface area contributed by atoms with Gasteiger partial charge in [0.2, 0.25) is 11.7 Å². The molecule has 2 aromatic rings. The molecule has 0 aliphatic carbocycles. The first kappa shape index (κ1) is 27.1. The average Bonchev–Trinajstić information content (AvgIpc) is 2.82. The number of fused-ring (bicyclic) bond motifs is 1. The van der Waals surface area contributed by atoms with Crippen molar-refractivity contribution in [2.45, 2.75) is 56.9 Å². The number of carbonyl (C=O) groups is 2. The van der Waals surface area contributed by atoms with E-state index in [4.69, 9.17) is 9.57 Å². The maximum atomic E-state index is 14.1. The predicted molar refractivity (Wildman–Crippen MR) is 123 cm³/mol. The quantitative estimate of drug-likeness (QED) is 0.392. The van der Waals surface area contributed by atoms with E-state index in [9.17, 15) is 32.3 Å². The standard InChI is InChI=1S/C25H26F4N2O5/c1-5-19-17-11-15(7-8-16(17)21(12-32)36-31-19)30-22(33)24(34,25(27,28)29)13-23(2,3)14-6-9-18(26)20(10-14)35-4/h6-12,21,34H,5,13H2,1-4H3,(H,30,33). The Labute approximate surface area is 205 Å². The minimum absolute atomic E-state index is 0.0321. The van der Waals surface area contributed by atoms with Crippen LogP contribution in [0.25, 0.3) is 0 Å². The normalized spacial score (nSPS) is 17.2. The summed E-state index contributed by atoms with van der Waals surface area (Å²) in [6.07, 6.45) is -6.45. The van der Waals surface area contributed by atoms with Crippen molar-refractivity contribution in [2.24, 2.45) is 5.16 Å². The van der Waals surface area contributed by atoms with E-state index < -0.39 is 41.4 Å². The summed E-state index contributed by atoms with van der Waals surface area (Å²) >= 11 is 0. The van der Waals surface area contributed by atoms with Gasteiger partial charge in [-0.25, -0.2) is 4.39 Å². The Hall–Kier alpha value is -3.47. The second kappa shape index (κ2) is 9.88. The zero-order chi connectivity index (χ0) is 26.9. The number of carbonyl (C=O) groups excluding carboxylic acids is 2. The second-order valence-electron chi connectivity index (χ2n) is 9.08. The Morgan fingerprint density at radius 1 is 1.22 bits per heavy atom. The van der Waals surface area contributed by atoms with Gasteiger partial charge in [-0.15, -0.1) is 0 Å². The smallest absolute Gasteiger partial charge is 0.426 e. The van der Waals surface area contributed by atoms with E-state index >= 15 is 0 Å². The summed E-state index contributed by atoms with van der Waals surface area (Å²) in [6.45, 7) is 4.56. The van der Waals surface area contributed by atoms with Crippen LogP contribution in [0, 0.1) is 5.82 Å². The van der Waals surface area contributed by atoms with Crippen LogP contribution in [0.4, 0.5) is 23.2 Å². The van der Waals surface area contributed by atoms with Crippen molar-refractivity contribution in [1.82, 2.24) is 0 Å². The molecule has 2 N–H and O–H groups in total. The monoisotopic (exact) mass is 510 g/mol. The van der Waals surface area contributed by atoms with Gasteiger partial charge >= 0.3 is 6.18 Å². The topological polar surface area (TPSA) is 97.2 Å². The van der Waals surface area contributed by atoms with Crippen LogP contribution in [-0.2, 0) is 19.8 Å². The maximum Gasteiger partial charge on any atom is 0.426 e. The Morgan fingerprint density at radius 3 is 2.50 bits per heavy atom. The van der Waals surface area contributed by atoms with Gasteiger partial charge in [0.05, 0.1) is 12.8 Å². The van der Waals surface area contributed by atoms with E-state index in [1.54, 1.807) is 6.92 Å². The molecule has 2 aromatic carbocycles. The number of rotatable bonds is 8. The van der Waals surface area contributed by atoms with Gasteiger partial charge in [0.25, 0.3) is 5.91 Å². The number of methoxy groups -OCH3 is 1. The molecule has 3 rings (SSSR count). The number of nitrogens with one attached hydrogen (secondary N) is 1. The Balaban J connectivity index is 1.95. The summed E-state index contributed by atoms with van der Waals surface area (Å²) in [7, 11) is 1.21. The third-order valence-corrected chi connectivity index (χ3v) is 6.14. The summed E-state index contributed by atoms with van der Waals surface area (Å²) in [5.74, 6) is -2.57. The number of hydrogen-bond acceptors (Lipinski definition) is 6. The van der Waals surface area contributed by atoms with Crippen molar-refractivity contribution in [2.75, 3.05) is 12.4 Å². The molecule has 36 heavy (non-hydrogen) atoms. The fraction of sp³-hybridized carbons (Fsp3) is 0.400. The summed E-state index contributed by atoms with van der Waals surface area (Å²) in [4.78, 5) is 29.3. The molecule has 0 fully saturated rings. The van der Waals surface area contributed by atoms with Gasteiger partial charge in [0.1, 0.15) is 0 Å². The van der Waals surface area contributed by atoms with Gasteiger partial charge in [-0.05, 0) is 41.7 Å². The van der Waals surface area contributed by atoms with Crippen molar-refractivity contribution in [3.8, 4) is 5.75 Å². The summed E-state index contributed by atoms with van der Waals surface area (Å²) in [5.41, 5.74) is -3.68. The lowest BCUT2D eigenvalue weighted by Crippen LogP contribution is -2.57. The minimum atomic E-state index is -5.33. The Bertz CT molecular complexity index is 1200. The molecule has 194 valence electrons. The van der Waals surface area contributed by atoms with Crippen molar-refractivity contribution >= 4 is 23.6 Å². The van der Waals surface area contributed by atoms with Crippen molar-refractivity contribution in [1.29, 1.82) is 0 Å². The second-order valence-corrected chi connectivity index (χ2v) is 9.08. The van der Waals surface area contributed by atoms with Crippen LogP contribution in [0.1, 0.15) is 56.4 Å². The number of ether oxygens (including phenoxy) is 1. The van der Waals surface area contributed by atoms with Crippen LogP contribution in [0.2, 0.25) is 0 Å². The molecule has 0 spiro atoms. The molecular weight excluding hydrogens is 484 g/mol. The maximum absolute atomic E-state index is 14.1. The highest BCUT2D eigenvalue weighted by molar-refractivity contribution is 6.05. The van der Waals surface area contributed by atoms with Crippen LogP contribution in [0.3, 0.4) is 0 Å². The first-order valence-electron chi connectivity index (χ1n) is 11.0. The van der Waals surface area contributed by atoms with Gasteiger partial charge in [0.15, 0.2) is 17.9 Å². The zero-order valence-corrected chi connectivity index (χ0v) is 20.1. The van der Waals surface area contributed by atoms with E-state index in [1.807, 2.05) is 0 Å². The van der Waals surface area contributed by atoms with Crippen LogP contribution >= 0.6 is 0 Å². The van der Waals surface area contributed by atoms with Gasteiger partial charge in [0, 0.05) is 23.2 Å². The van der Waals surface area contributed by atoms with E-state index in [2.05, 4.69) is 10.5 Å². The van der Waals surface area contributed by atoms with Crippen molar-refractivity contribution in [3.63, 3.8) is 0 Å². The number of hydrogen-bond donors (Lipinski definition) is 2. The van der Waals surface area contributed by atoms with E-state index in [1.165, 1.54) is 51.3 Å². The average molecular weight is 510 g/mol. The number of aliphatic hydroxyl groups is 1. The molecular formula is C25H26F4N2O5. The number of aldehydes is 1. The molecule has 1 heterocycles. The Kier molecular flexibility index (Phi) is 7.45. The number of nitrogens with zero attached hydrogens (tertiary/aromatic N) is 1. The highest BCUT2D eigenvalue weighted by atomic mass is 19.4. The third-order valence-electron chi connectivity index (χ3n) is 6.14. The fourth-order valence-electron chi connectivity index (χ4n) is 4.08. The van der Waals surface area contributed by atoms with E-state index in [0.717, 1.165) is 6.07 Å². The molecule has 2 atom stereocenters. The molecule has 0 radical (unpaired) electrons. The lowest BCUT2D eigenvalue weighted by Gasteiger charge is -2.37.